The summed E-state index contributed by atoms with van der Waals surface area (Å²) in [5, 5.41) is 14.7. The number of ether oxygens (including phenoxy) is 2. The second kappa shape index (κ2) is 10.1. The molecule has 4 rings (SSSR count). The van der Waals surface area contributed by atoms with Gasteiger partial charge in [-0.3, -0.25) is 9.59 Å². The number of unbranched alkanes of at least 4 members (excludes halogenated alkanes) is 1. The van der Waals surface area contributed by atoms with Gasteiger partial charge in [-0.2, -0.15) is 0 Å². The number of carbonyl (C=O) groups is 3. The average molecular weight is 472 g/mol. The van der Waals surface area contributed by atoms with E-state index in [0.29, 0.717) is 29.0 Å². The zero-order valence-corrected chi connectivity index (χ0v) is 19.7. The van der Waals surface area contributed by atoms with E-state index in [1.165, 1.54) is 16.9 Å². The molecule has 33 heavy (non-hydrogen) atoms. The fraction of sp³-hybridized carbons (Fsp3) is 0.480. The standard InChI is InChI=1S/C25H29NO6S/c1-3-5-6-14-7-9-15(10-8-14)16-13-33-23(19(16)25(30)31-4-2)26-22(27)20-17-11-12-18(32-17)21(20)24(28)29/h7-10,13,17-18,20-21H,3-6,11-12H2,1-2H3,(H,26,27)(H,28,29)/t17-,18-,20-,21+/m1/s1. The second-order valence-electron chi connectivity index (χ2n) is 8.54. The maximum Gasteiger partial charge on any atom is 0.341 e. The van der Waals surface area contributed by atoms with Crippen LogP contribution in [0, 0.1) is 11.8 Å². The van der Waals surface area contributed by atoms with Crippen molar-refractivity contribution >= 4 is 34.2 Å². The molecule has 3 heterocycles. The summed E-state index contributed by atoms with van der Waals surface area (Å²) in [4.78, 5) is 37.8. The molecule has 2 saturated heterocycles. The van der Waals surface area contributed by atoms with Gasteiger partial charge in [0.25, 0.3) is 0 Å². The molecule has 7 nitrogen and oxygen atoms in total. The maximum absolute atomic E-state index is 13.1. The van der Waals surface area contributed by atoms with Crippen molar-refractivity contribution in [1.29, 1.82) is 0 Å². The number of carboxylic acid groups (broad SMARTS) is 1. The zero-order chi connectivity index (χ0) is 23.5. The number of aryl methyl sites for hydroxylation is 1. The van der Waals surface area contributed by atoms with E-state index >= 15 is 0 Å². The molecule has 2 fully saturated rings. The molecular formula is C25H29NO6S. The highest BCUT2D eigenvalue weighted by Gasteiger charge is 2.55. The van der Waals surface area contributed by atoms with Gasteiger partial charge in [0.2, 0.25) is 5.91 Å². The number of benzene rings is 1. The molecule has 0 saturated carbocycles. The summed E-state index contributed by atoms with van der Waals surface area (Å²) in [6.45, 7) is 4.09. The molecule has 0 unspecified atom stereocenters. The fourth-order valence-corrected chi connectivity index (χ4v) is 5.78. The van der Waals surface area contributed by atoms with Crippen molar-refractivity contribution in [3.63, 3.8) is 0 Å². The molecule has 2 aliphatic rings. The van der Waals surface area contributed by atoms with E-state index < -0.39 is 41.9 Å². The van der Waals surface area contributed by atoms with Crippen molar-refractivity contribution in [3.8, 4) is 11.1 Å². The Morgan fingerprint density at radius 3 is 2.45 bits per heavy atom. The summed E-state index contributed by atoms with van der Waals surface area (Å²) in [6, 6.07) is 8.07. The number of hydrogen-bond acceptors (Lipinski definition) is 6. The number of hydrogen-bond donors (Lipinski definition) is 2. The third-order valence-electron chi connectivity index (χ3n) is 6.45. The summed E-state index contributed by atoms with van der Waals surface area (Å²) in [5.74, 6) is -3.62. The lowest BCUT2D eigenvalue weighted by Gasteiger charge is -2.23. The highest BCUT2D eigenvalue weighted by molar-refractivity contribution is 7.15. The number of anilines is 1. The van der Waals surface area contributed by atoms with Gasteiger partial charge < -0.3 is 19.9 Å². The highest BCUT2D eigenvalue weighted by Crippen LogP contribution is 2.45. The first kappa shape index (κ1) is 23.4. The molecule has 2 aromatic rings. The monoisotopic (exact) mass is 471 g/mol. The van der Waals surface area contributed by atoms with Crippen molar-refractivity contribution in [2.45, 2.75) is 58.2 Å². The van der Waals surface area contributed by atoms with Gasteiger partial charge in [-0.25, -0.2) is 4.79 Å². The first-order chi connectivity index (χ1) is 15.9. The fourth-order valence-electron chi connectivity index (χ4n) is 4.82. The van der Waals surface area contributed by atoms with Crippen LogP contribution in [0.15, 0.2) is 29.6 Å². The molecule has 2 N–H and O–H groups in total. The number of aliphatic carboxylic acids is 1. The number of nitrogens with one attached hydrogen (secondary N) is 1. The van der Waals surface area contributed by atoms with Gasteiger partial charge in [-0.05, 0) is 43.7 Å². The summed E-state index contributed by atoms with van der Waals surface area (Å²) < 4.78 is 11.0. The first-order valence-corrected chi connectivity index (χ1v) is 12.4. The normalized spacial score (nSPS) is 23.5. The quantitative estimate of drug-likeness (QED) is 0.512. The van der Waals surface area contributed by atoms with Gasteiger partial charge in [0, 0.05) is 10.9 Å². The molecule has 1 aromatic heterocycles. The number of carbonyl (C=O) groups excluding carboxylic acids is 2. The van der Waals surface area contributed by atoms with Crippen LogP contribution >= 0.6 is 11.3 Å². The Labute approximate surface area is 197 Å². The average Bonchev–Trinajstić information content (AvgIpc) is 3.52. The Kier molecular flexibility index (Phi) is 7.14. The Bertz CT molecular complexity index is 1030. The van der Waals surface area contributed by atoms with Crippen molar-refractivity contribution in [1.82, 2.24) is 0 Å². The molecule has 0 spiro atoms. The lowest BCUT2D eigenvalue weighted by atomic mass is 9.79. The molecule has 4 atom stereocenters. The molecule has 0 radical (unpaired) electrons. The van der Waals surface area contributed by atoms with Gasteiger partial charge in [-0.15, -0.1) is 11.3 Å². The smallest absolute Gasteiger partial charge is 0.341 e. The summed E-state index contributed by atoms with van der Waals surface area (Å²) in [6.07, 6.45) is 3.72. The lowest BCUT2D eigenvalue weighted by Crippen LogP contribution is -2.41. The Morgan fingerprint density at radius 1 is 1.12 bits per heavy atom. The van der Waals surface area contributed by atoms with E-state index in [9.17, 15) is 19.5 Å². The molecule has 2 aliphatic heterocycles. The van der Waals surface area contributed by atoms with Crippen LogP contribution in [0.1, 0.15) is 55.5 Å². The summed E-state index contributed by atoms with van der Waals surface area (Å²) in [5.41, 5.74) is 3.09. The number of rotatable bonds is 9. The van der Waals surface area contributed by atoms with Crippen LogP contribution in [-0.4, -0.2) is 41.8 Å². The predicted molar refractivity (Wildman–Crippen MR) is 125 cm³/mol. The maximum atomic E-state index is 13.1. The summed E-state index contributed by atoms with van der Waals surface area (Å²) in [7, 11) is 0. The minimum Gasteiger partial charge on any atom is -0.481 e. The van der Waals surface area contributed by atoms with E-state index in [1.807, 2.05) is 17.5 Å². The Morgan fingerprint density at radius 2 is 1.82 bits per heavy atom. The van der Waals surface area contributed by atoms with Crippen molar-refractivity contribution in [2.24, 2.45) is 11.8 Å². The van der Waals surface area contributed by atoms with Gasteiger partial charge in [0.1, 0.15) is 10.6 Å². The van der Waals surface area contributed by atoms with Crippen molar-refractivity contribution in [2.75, 3.05) is 11.9 Å². The number of amides is 1. The number of fused-ring (bicyclic) bond motifs is 2. The van der Waals surface area contributed by atoms with E-state index in [1.54, 1.807) is 6.92 Å². The number of thiophene rings is 1. The predicted octanol–water partition coefficient (Wildman–Crippen LogP) is 4.75. The summed E-state index contributed by atoms with van der Waals surface area (Å²) >= 11 is 1.24. The van der Waals surface area contributed by atoms with Crippen LogP contribution in [0.25, 0.3) is 11.1 Å². The van der Waals surface area contributed by atoms with Crippen LogP contribution < -0.4 is 5.32 Å². The largest absolute Gasteiger partial charge is 0.481 e. The first-order valence-electron chi connectivity index (χ1n) is 11.5. The third-order valence-corrected chi connectivity index (χ3v) is 7.35. The van der Waals surface area contributed by atoms with Gasteiger partial charge in [0.05, 0.1) is 30.7 Å². The molecular weight excluding hydrogens is 442 g/mol. The topological polar surface area (TPSA) is 102 Å². The second-order valence-corrected chi connectivity index (χ2v) is 9.42. The van der Waals surface area contributed by atoms with Crippen LogP contribution in [-0.2, 0) is 25.5 Å². The lowest BCUT2D eigenvalue weighted by molar-refractivity contribution is -0.147. The zero-order valence-electron chi connectivity index (χ0n) is 18.8. The van der Waals surface area contributed by atoms with Crippen molar-refractivity contribution < 1.29 is 29.0 Å². The minimum atomic E-state index is -1.03. The SMILES string of the molecule is CCCCc1ccc(-c2csc(NC(=O)[C@H]3[C@@H](C(=O)O)[C@H]4CC[C@H]3O4)c2C(=O)OCC)cc1. The van der Waals surface area contributed by atoms with E-state index in [0.717, 1.165) is 24.8 Å². The Balaban J connectivity index is 1.61. The van der Waals surface area contributed by atoms with Crippen LogP contribution in [0.2, 0.25) is 0 Å². The minimum absolute atomic E-state index is 0.207. The Hall–Kier alpha value is -2.71. The third kappa shape index (κ3) is 4.68. The highest BCUT2D eigenvalue weighted by atomic mass is 32.1. The molecule has 8 heteroatoms. The van der Waals surface area contributed by atoms with Crippen LogP contribution in [0.3, 0.4) is 0 Å². The number of carboxylic acids is 1. The van der Waals surface area contributed by atoms with E-state index in [-0.39, 0.29) is 6.61 Å². The van der Waals surface area contributed by atoms with Gasteiger partial charge in [0.15, 0.2) is 0 Å². The molecule has 2 bridgehead atoms. The van der Waals surface area contributed by atoms with Crippen molar-refractivity contribution in [3.05, 3.63) is 40.8 Å². The van der Waals surface area contributed by atoms with Gasteiger partial charge in [-0.1, -0.05) is 37.6 Å². The molecule has 1 aromatic carbocycles. The molecule has 0 aliphatic carbocycles. The van der Waals surface area contributed by atoms with Crippen LogP contribution in [0.5, 0.6) is 0 Å². The van der Waals surface area contributed by atoms with Crippen LogP contribution in [0.4, 0.5) is 5.00 Å². The number of esters is 1. The van der Waals surface area contributed by atoms with E-state index in [4.69, 9.17) is 9.47 Å². The van der Waals surface area contributed by atoms with E-state index in [2.05, 4.69) is 24.4 Å². The molecule has 1 amide bonds. The van der Waals surface area contributed by atoms with Gasteiger partial charge >= 0.3 is 11.9 Å². The molecule has 176 valence electrons.